The maximum atomic E-state index is 11.3. The van der Waals surface area contributed by atoms with Crippen LogP contribution in [0.1, 0.15) is 34.1 Å². The standard InChI is InChI=1S/C11H22N2O3/c1-9(5-6-12-8-14)7-13-10(15)16-11(2,3)4/h8-9H,5-7H2,1-4H3,(H,12,14)(H,13,15). The van der Waals surface area contributed by atoms with Crippen molar-refractivity contribution in [1.82, 2.24) is 10.6 Å². The molecule has 2 amide bonds. The van der Waals surface area contributed by atoms with Gasteiger partial charge in [0.2, 0.25) is 6.41 Å². The number of carbonyl (C=O) groups excluding carboxylic acids is 2. The molecule has 0 fully saturated rings. The van der Waals surface area contributed by atoms with E-state index in [-0.39, 0.29) is 0 Å². The first-order valence-corrected chi connectivity index (χ1v) is 5.49. The third-order valence-electron chi connectivity index (χ3n) is 1.86. The van der Waals surface area contributed by atoms with Crippen LogP contribution in [0, 0.1) is 5.92 Å². The van der Waals surface area contributed by atoms with E-state index in [1.165, 1.54) is 0 Å². The molecule has 0 heterocycles. The lowest BCUT2D eigenvalue weighted by Gasteiger charge is -2.20. The van der Waals surface area contributed by atoms with Crippen molar-refractivity contribution in [3.63, 3.8) is 0 Å². The Hall–Kier alpha value is -1.26. The summed E-state index contributed by atoms with van der Waals surface area (Å²) >= 11 is 0. The van der Waals surface area contributed by atoms with E-state index in [2.05, 4.69) is 10.6 Å². The molecule has 0 spiro atoms. The first kappa shape index (κ1) is 14.7. The van der Waals surface area contributed by atoms with E-state index in [1.807, 2.05) is 27.7 Å². The van der Waals surface area contributed by atoms with Gasteiger partial charge in [-0.15, -0.1) is 0 Å². The molecule has 5 heteroatoms. The summed E-state index contributed by atoms with van der Waals surface area (Å²) in [6, 6.07) is 0. The molecule has 1 unspecified atom stereocenters. The first-order chi connectivity index (χ1) is 7.35. The Labute approximate surface area is 96.9 Å². The zero-order valence-corrected chi connectivity index (χ0v) is 10.5. The first-order valence-electron chi connectivity index (χ1n) is 5.49. The normalized spacial score (nSPS) is 12.8. The molecule has 0 rings (SSSR count). The zero-order chi connectivity index (χ0) is 12.6. The van der Waals surface area contributed by atoms with Crippen molar-refractivity contribution in [2.75, 3.05) is 13.1 Å². The Bertz CT molecular complexity index is 224. The second-order valence-corrected chi connectivity index (χ2v) is 4.85. The quantitative estimate of drug-likeness (QED) is 0.533. The molecule has 0 aromatic rings. The largest absolute Gasteiger partial charge is 0.444 e. The lowest BCUT2D eigenvalue weighted by Crippen LogP contribution is -2.35. The highest BCUT2D eigenvalue weighted by Gasteiger charge is 2.16. The monoisotopic (exact) mass is 230 g/mol. The van der Waals surface area contributed by atoms with Gasteiger partial charge in [0, 0.05) is 13.1 Å². The maximum Gasteiger partial charge on any atom is 0.407 e. The fourth-order valence-electron chi connectivity index (χ4n) is 1.06. The van der Waals surface area contributed by atoms with Crippen LogP contribution in [-0.4, -0.2) is 31.2 Å². The van der Waals surface area contributed by atoms with Gasteiger partial charge in [0.15, 0.2) is 0 Å². The summed E-state index contributed by atoms with van der Waals surface area (Å²) in [5, 5.41) is 5.27. The summed E-state index contributed by atoms with van der Waals surface area (Å²) in [5.41, 5.74) is -0.466. The summed E-state index contributed by atoms with van der Waals surface area (Å²) in [6.07, 6.45) is 1.10. The Morgan fingerprint density at radius 1 is 1.44 bits per heavy atom. The van der Waals surface area contributed by atoms with E-state index in [0.29, 0.717) is 25.4 Å². The Morgan fingerprint density at radius 3 is 2.56 bits per heavy atom. The van der Waals surface area contributed by atoms with Gasteiger partial charge in [-0.2, -0.15) is 0 Å². The molecule has 0 aromatic carbocycles. The second kappa shape index (κ2) is 7.09. The number of ether oxygens (including phenoxy) is 1. The van der Waals surface area contributed by atoms with Crippen LogP contribution in [0.2, 0.25) is 0 Å². The maximum absolute atomic E-state index is 11.3. The van der Waals surface area contributed by atoms with Crippen LogP contribution in [0.25, 0.3) is 0 Å². The molecule has 0 saturated heterocycles. The van der Waals surface area contributed by atoms with Gasteiger partial charge in [-0.1, -0.05) is 6.92 Å². The van der Waals surface area contributed by atoms with Crippen molar-refractivity contribution in [3.05, 3.63) is 0 Å². The smallest absolute Gasteiger partial charge is 0.407 e. The van der Waals surface area contributed by atoms with Gasteiger partial charge < -0.3 is 15.4 Å². The fraction of sp³-hybridized carbons (Fsp3) is 0.818. The SMILES string of the molecule is CC(CCNC=O)CNC(=O)OC(C)(C)C. The number of alkyl carbamates (subject to hydrolysis) is 1. The molecule has 16 heavy (non-hydrogen) atoms. The highest BCUT2D eigenvalue weighted by molar-refractivity contribution is 5.67. The van der Waals surface area contributed by atoms with Crippen LogP contribution in [0.4, 0.5) is 4.79 Å². The van der Waals surface area contributed by atoms with E-state index < -0.39 is 11.7 Å². The molecule has 94 valence electrons. The van der Waals surface area contributed by atoms with Gasteiger partial charge in [-0.25, -0.2) is 4.79 Å². The van der Waals surface area contributed by atoms with Gasteiger partial charge in [0.1, 0.15) is 5.60 Å². The van der Waals surface area contributed by atoms with Crippen LogP contribution < -0.4 is 10.6 Å². The van der Waals surface area contributed by atoms with Gasteiger partial charge in [-0.05, 0) is 33.1 Å². The number of hydrogen-bond acceptors (Lipinski definition) is 3. The summed E-state index contributed by atoms with van der Waals surface area (Å²) in [6.45, 7) is 8.65. The number of nitrogens with one attached hydrogen (secondary N) is 2. The topological polar surface area (TPSA) is 67.4 Å². The number of rotatable bonds is 6. The van der Waals surface area contributed by atoms with Crippen molar-refractivity contribution in [2.24, 2.45) is 5.92 Å². The molecule has 0 aliphatic carbocycles. The lowest BCUT2D eigenvalue weighted by atomic mass is 10.1. The van der Waals surface area contributed by atoms with E-state index in [1.54, 1.807) is 0 Å². The number of hydrogen-bond donors (Lipinski definition) is 2. The van der Waals surface area contributed by atoms with Crippen LogP contribution in [0.15, 0.2) is 0 Å². The van der Waals surface area contributed by atoms with E-state index in [4.69, 9.17) is 4.74 Å². The average molecular weight is 230 g/mol. The molecule has 0 aliphatic rings. The summed E-state index contributed by atoms with van der Waals surface area (Å²) in [4.78, 5) is 21.3. The summed E-state index contributed by atoms with van der Waals surface area (Å²) in [5.74, 6) is 0.306. The molecule has 5 nitrogen and oxygen atoms in total. The molecular weight excluding hydrogens is 208 g/mol. The van der Waals surface area contributed by atoms with Gasteiger partial charge in [0.25, 0.3) is 0 Å². The van der Waals surface area contributed by atoms with E-state index in [9.17, 15) is 9.59 Å². The molecule has 0 radical (unpaired) electrons. The highest BCUT2D eigenvalue weighted by atomic mass is 16.6. The van der Waals surface area contributed by atoms with Crippen LogP contribution in [0.3, 0.4) is 0 Å². The van der Waals surface area contributed by atoms with Crippen molar-refractivity contribution in [3.8, 4) is 0 Å². The Balaban J connectivity index is 3.62. The van der Waals surface area contributed by atoms with E-state index in [0.717, 1.165) is 6.42 Å². The highest BCUT2D eigenvalue weighted by Crippen LogP contribution is 2.06. The molecular formula is C11H22N2O3. The Kier molecular flexibility index (Phi) is 6.53. The third-order valence-corrected chi connectivity index (χ3v) is 1.86. The van der Waals surface area contributed by atoms with Gasteiger partial charge in [-0.3, -0.25) is 4.79 Å². The zero-order valence-electron chi connectivity index (χ0n) is 10.5. The molecule has 0 aliphatic heterocycles. The predicted molar refractivity (Wildman–Crippen MR) is 62.1 cm³/mol. The minimum absolute atomic E-state index is 0.306. The van der Waals surface area contributed by atoms with E-state index >= 15 is 0 Å². The number of carbonyl (C=O) groups is 2. The number of amides is 2. The molecule has 2 N–H and O–H groups in total. The van der Waals surface area contributed by atoms with Crippen molar-refractivity contribution in [2.45, 2.75) is 39.7 Å². The molecule has 0 bridgehead atoms. The summed E-state index contributed by atoms with van der Waals surface area (Å²) < 4.78 is 5.09. The van der Waals surface area contributed by atoms with Gasteiger partial charge in [0.05, 0.1) is 0 Å². The molecule has 0 aromatic heterocycles. The third kappa shape index (κ3) is 9.30. The second-order valence-electron chi connectivity index (χ2n) is 4.85. The van der Waals surface area contributed by atoms with Crippen LogP contribution >= 0.6 is 0 Å². The summed E-state index contributed by atoms with van der Waals surface area (Å²) in [7, 11) is 0. The Morgan fingerprint density at radius 2 is 2.06 bits per heavy atom. The lowest BCUT2D eigenvalue weighted by molar-refractivity contribution is -0.109. The minimum atomic E-state index is -0.466. The van der Waals surface area contributed by atoms with Crippen molar-refractivity contribution < 1.29 is 14.3 Å². The fourth-order valence-corrected chi connectivity index (χ4v) is 1.06. The minimum Gasteiger partial charge on any atom is -0.444 e. The van der Waals surface area contributed by atoms with Crippen molar-refractivity contribution >= 4 is 12.5 Å². The predicted octanol–water partition coefficient (Wildman–Crippen LogP) is 1.28. The van der Waals surface area contributed by atoms with Gasteiger partial charge >= 0.3 is 6.09 Å². The molecule has 0 saturated carbocycles. The van der Waals surface area contributed by atoms with Crippen LogP contribution in [0.5, 0.6) is 0 Å². The average Bonchev–Trinajstić information content (AvgIpc) is 2.12. The van der Waals surface area contributed by atoms with Crippen LogP contribution in [-0.2, 0) is 9.53 Å². The van der Waals surface area contributed by atoms with Crippen molar-refractivity contribution in [1.29, 1.82) is 0 Å². The molecule has 1 atom stereocenters.